The molecule has 0 aliphatic rings. The Morgan fingerprint density at radius 1 is 0.308 bits per heavy atom. The Labute approximate surface area is 404 Å². The SMILES string of the molecule is CCCCC/C=C\C/C=C\CCCCCCCCCC(=O)OC[C@H](COC(=O)CCCCCCCCCCC/C=C\CCCCCCCC)OC(=O)CCCCCCCCCCCCC. The zero-order valence-electron chi connectivity index (χ0n) is 43.5. The van der Waals surface area contributed by atoms with Gasteiger partial charge in [-0.1, -0.05) is 243 Å². The molecule has 0 heterocycles. The maximum atomic E-state index is 12.8. The molecule has 0 N–H and O–H groups in total. The first-order chi connectivity index (χ1) is 32.0. The summed E-state index contributed by atoms with van der Waals surface area (Å²) in [4.78, 5) is 38.1. The second-order valence-corrected chi connectivity index (χ2v) is 19.2. The molecule has 0 saturated carbocycles. The summed E-state index contributed by atoms with van der Waals surface area (Å²) in [6.45, 7) is 6.63. The van der Waals surface area contributed by atoms with E-state index in [0.29, 0.717) is 19.3 Å². The van der Waals surface area contributed by atoms with Crippen molar-refractivity contribution in [1.29, 1.82) is 0 Å². The van der Waals surface area contributed by atoms with E-state index in [4.69, 9.17) is 14.2 Å². The minimum absolute atomic E-state index is 0.0724. The van der Waals surface area contributed by atoms with Crippen molar-refractivity contribution >= 4 is 17.9 Å². The first kappa shape index (κ1) is 62.6. The van der Waals surface area contributed by atoms with Crippen LogP contribution in [0.25, 0.3) is 0 Å². The van der Waals surface area contributed by atoms with Crippen LogP contribution >= 0.6 is 0 Å². The van der Waals surface area contributed by atoms with E-state index in [0.717, 1.165) is 70.6 Å². The molecule has 0 bridgehead atoms. The van der Waals surface area contributed by atoms with Crippen LogP contribution in [0.2, 0.25) is 0 Å². The van der Waals surface area contributed by atoms with Crippen LogP contribution in [0.1, 0.15) is 303 Å². The fraction of sp³-hybridized carbons (Fsp3) is 0.847. The maximum Gasteiger partial charge on any atom is 0.306 e. The van der Waals surface area contributed by atoms with Crippen LogP contribution < -0.4 is 0 Å². The van der Waals surface area contributed by atoms with Gasteiger partial charge in [0.15, 0.2) is 6.10 Å². The first-order valence-electron chi connectivity index (χ1n) is 28.5. The molecule has 380 valence electrons. The number of hydrogen-bond acceptors (Lipinski definition) is 6. The van der Waals surface area contributed by atoms with Crippen LogP contribution in [0.4, 0.5) is 0 Å². The van der Waals surface area contributed by atoms with Crippen molar-refractivity contribution in [2.24, 2.45) is 0 Å². The van der Waals surface area contributed by atoms with Gasteiger partial charge in [-0.15, -0.1) is 0 Å². The van der Waals surface area contributed by atoms with E-state index < -0.39 is 6.10 Å². The third-order valence-corrected chi connectivity index (χ3v) is 12.6. The topological polar surface area (TPSA) is 78.9 Å². The fourth-order valence-electron chi connectivity index (χ4n) is 8.29. The van der Waals surface area contributed by atoms with E-state index in [2.05, 4.69) is 57.2 Å². The zero-order valence-corrected chi connectivity index (χ0v) is 43.5. The lowest BCUT2D eigenvalue weighted by Gasteiger charge is -2.18. The summed E-state index contributed by atoms with van der Waals surface area (Å²) in [5, 5.41) is 0. The number of esters is 3. The van der Waals surface area contributed by atoms with E-state index in [1.807, 2.05) is 0 Å². The standard InChI is InChI=1S/C59H108O6/c1-4-7-10-13-16-19-22-24-26-28-29-31-33-35-38-40-43-46-49-52-58(61)64-55-56(65-59(62)53-50-47-44-41-36-21-18-15-12-9-6-3)54-63-57(60)51-48-45-42-39-37-34-32-30-27-25-23-20-17-14-11-8-5-2/h17,20,24-27,56H,4-16,18-19,21-23,28-55H2,1-3H3/b20-17-,26-24-,27-25-/t56-/m1/s1. The van der Waals surface area contributed by atoms with Gasteiger partial charge in [0.25, 0.3) is 0 Å². The van der Waals surface area contributed by atoms with Gasteiger partial charge in [-0.05, 0) is 77.0 Å². The van der Waals surface area contributed by atoms with E-state index >= 15 is 0 Å². The number of carbonyl (C=O) groups excluding carboxylic acids is 3. The summed E-state index contributed by atoms with van der Waals surface area (Å²) in [5.41, 5.74) is 0. The summed E-state index contributed by atoms with van der Waals surface area (Å²) in [7, 11) is 0. The van der Waals surface area contributed by atoms with Crippen LogP contribution in [0.3, 0.4) is 0 Å². The molecule has 0 aromatic heterocycles. The third kappa shape index (κ3) is 52.5. The average molecular weight is 914 g/mol. The number of ether oxygens (including phenoxy) is 3. The van der Waals surface area contributed by atoms with Crippen molar-refractivity contribution in [3.8, 4) is 0 Å². The minimum atomic E-state index is -0.772. The molecular weight excluding hydrogens is 805 g/mol. The predicted octanol–water partition coefficient (Wildman–Crippen LogP) is 18.9. The maximum absolute atomic E-state index is 12.8. The fourth-order valence-corrected chi connectivity index (χ4v) is 8.29. The van der Waals surface area contributed by atoms with Gasteiger partial charge in [-0.2, -0.15) is 0 Å². The van der Waals surface area contributed by atoms with Crippen molar-refractivity contribution in [2.45, 2.75) is 309 Å². The summed E-state index contributed by atoms with van der Waals surface area (Å²) in [5.74, 6) is -0.868. The molecule has 0 aliphatic heterocycles. The molecule has 0 unspecified atom stereocenters. The first-order valence-corrected chi connectivity index (χ1v) is 28.5. The third-order valence-electron chi connectivity index (χ3n) is 12.6. The molecule has 6 heteroatoms. The van der Waals surface area contributed by atoms with Crippen molar-refractivity contribution in [1.82, 2.24) is 0 Å². The second-order valence-electron chi connectivity index (χ2n) is 19.2. The zero-order chi connectivity index (χ0) is 47.2. The summed E-state index contributed by atoms with van der Waals surface area (Å²) < 4.78 is 16.8. The van der Waals surface area contributed by atoms with Crippen molar-refractivity contribution in [3.63, 3.8) is 0 Å². The molecule has 0 aromatic carbocycles. The lowest BCUT2D eigenvalue weighted by Crippen LogP contribution is -2.30. The Morgan fingerprint density at radius 3 is 0.892 bits per heavy atom. The van der Waals surface area contributed by atoms with Gasteiger partial charge in [0, 0.05) is 19.3 Å². The highest BCUT2D eigenvalue weighted by molar-refractivity contribution is 5.71. The normalized spacial score (nSPS) is 12.2. The average Bonchev–Trinajstić information content (AvgIpc) is 3.30. The smallest absolute Gasteiger partial charge is 0.306 e. The molecule has 0 aliphatic carbocycles. The van der Waals surface area contributed by atoms with Gasteiger partial charge in [-0.3, -0.25) is 14.4 Å². The van der Waals surface area contributed by atoms with E-state index in [1.165, 1.54) is 193 Å². The van der Waals surface area contributed by atoms with E-state index in [1.54, 1.807) is 0 Å². The highest BCUT2D eigenvalue weighted by Gasteiger charge is 2.19. The molecule has 65 heavy (non-hydrogen) atoms. The molecule has 0 spiro atoms. The molecule has 0 radical (unpaired) electrons. The number of unbranched alkanes of at least 4 members (excludes halogenated alkanes) is 35. The van der Waals surface area contributed by atoms with E-state index in [-0.39, 0.29) is 31.1 Å². The molecule has 0 amide bonds. The van der Waals surface area contributed by atoms with Crippen LogP contribution in [-0.4, -0.2) is 37.2 Å². The summed E-state index contributed by atoms with van der Waals surface area (Å²) >= 11 is 0. The van der Waals surface area contributed by atoms with Gasteiger partial charge >= 0.3 is 17.9 Å². The molecule has 0 saturated heterocycles. The molecule has 0 rings (SSSR count). The van der Waals surface area contributed by atoms with Crippen LogP contribution in [0.5, 0.6) is 0 Å². The van der Waals surface area contributed by atoms with Crippen LogP contribution in [-0.2, 0) is 28.6 Å². The van der Waals surface area contributed by atoms with Crippen molar-refractivity contribution in [2.75, 3.05) is 13.2 Å². The molecule has 1 atom stereocenters. The monoisotopic (exact) mass is 913 g/mol. The predicted molar refractivity (Wildman–Crippen MR) is 279 cm³/mol. The quantitative estimate of drug-likeness (QED) is 0.0262. The van der Waals surface area contributed by atoms with Gasteiger partial charge in [0.2, 0.25) is 0 Å². The number of hydrogen-bond donors (Lipinski definition) is 0. The summed E-state index contributed by atoms with van der Waals surface area (Å²) in [6, 6.07) is 0. The Hall–Kier alpha value is -2.37. The van der Waals surface area contributed by atoms with Crippen LogP contribution in [0.15, 0.2) is 36.5 Å². The van der Waals surface area contributed by atoms with Gasteiger partial charge in [0.1, 0.15) is 13.2 Å². The Bertz CT molecular complexity index is 1090. The Morgan fingerprint density at radius 2 is 0.554 bits per heavy atom. The molecule has 0 fully saturated rings. The van der Waals surface area contributed by atoms with Crippen molar-refractivity contribution in [3.05, 3.63) is 36.5 Å². The Kier molecular flexibility index (Phi) is 52.3. The van der Waals surface area contributed by atoms with Crippen LogP contribution in [0, 0.1) is 0 Å². The lowest BCUT2D eigenvalue weighted by atomic mass is 10.1. The second kappa shape index (κ2) is 54.2. The Balaban J connectivity index is 4.29. The molecule has 0 aromatic rings. The lowest BCUT2D eigenvalue weighted by molar-refractivity contribution is -0.167. The number of carbonyl (C=O) groups is 3. The van der Waals surface area contributed by atoms with E-state index in [9.17, 15) is 14.4 Å². The highest BCUT2D eigenvalue weighted by Crippen LogP contribution is 2.16. The summed E-state index contributed by atoms with van der Waals surface area (Å²) in [6.07, 6.45) is 64.2. The minimum Gasteiger partial charge on any atom is -0.462 e. The number of allylic oxidation sites excluding steroid dienone is 6. The number of rotatable bonds is 52. The van der Waals surface area contributed by atoms with Gasteiger partial charge in [0.05, 0.1) is 0 Å². The van der Waals surface area contributed by atoms with Crippen molar-refractivity contribution < 1.29 is 28.6 Å². The van der Waals surface area contributed by atoms with Gasteiger partial charge < -0.3 is 14.2 Å². The highest BCUT2D eigenvalue weighted by atomic mass is 16.6. The molecule has 6 nitrogen and oxygen atoms in total. The van der Waals surface area contributed by atoms with Gasteiger partial charge in [-0.25, -0.2) is 0 Å². The largest absolute Gasteiger partial charge is 0.462 e. The molecular formula is C59H108O6.